The number of carboxylic acid groups (broad SMARTS) is 1. The third-order valence-electron chi connectivity index (χ3n) is 5.18. The molecule has 164 valence electrons. The van der Waals surface area contributed by atoms with E-state index < -0.39 is 12.1 Å². The Balaban J connectivity index is 0.000000318. The van der Waals surface area contributed by atoms with Crippen molar-refractivity contribution in [2.45, 2.75) is 57.5 Å². The number of nitrogens with zero attached hydrogens (tertiary/aromatic N) is 3. The summed E-state index contributed by atoms with van der Waals surface area (Å²) in [4.78, 5) is 32.0. The largest absolute Gasteiger partial charge is 0.490 e. The van der Waals surface area contributed by atoms with Gasteiger partial charge < -0.3 is 10.0 Å². The molecule has 0 bridgehead atoms. The SMILES string of the molecule is Cc1nc(CN2C(=O)CC[C@@H]3[C@H]2CCN3Cc2cccs2)cs1.O=C(O)C(F)(F)F. The Hall–Kier alpha value is -1.98. The van der Waals surface area contributed by atoms with Crippen LogP contribution in [-0.4, -0.2) is 56.6 Å². The number of carboxylic acids is 1. The van der Waals surface area contributed by atoms with Crippen LogP contribution in [0.15, 0.2) is 22.9 Å². The van der Waals surface area contributed by atoms with Gasteiger partial charge in [0.15, 0.2) is 0 Å². The fraction of sp³-hybridized carbons (Fsp3) is 0.526. The molecule has 11 heteroatoms. The van der Waals surface area contributed by atoms with E-state index in [2.05, 4.69) is 37.7 Å². The predicted molar refractivity (Wildman–Crippen MR) is 107 cm³/mol. The lowest BCUT2D eigenvalue weighted by atomic mass is 9.96. The van der Waals surface area contributed by atoms with E-state index in [9.17, 15) is 18.0 Å². The van der Waals surface area contributed by atoms with Gasteiger partial charge in [-0.1, -0.05) is 6.07 Å². The molecule has 4 heterocycles. The lowest BCUT2D eigenvalue weighted by Gasteiger charge is -2.39. The number of fused-ring (bicyclic) bond motifs is 1. The van der Waals surface area contributed by atoms with Crippen molar-refractivity contribution >= 4 is 34.6 Å². The van der Waals surface area contributed by atoms with E-state index in [0.717, 1.165) is 36.6 Å². The van der Waals surface area contributed by atoms with Crippen molar-refractivity contribution in [2.24, 2.45) is 0 Å². The van der Waals surface area contributed by atoms with Gasteiger partial charge in [-0.15, -0.1) is 22.7 Å². The third-order valence-corrected chi connectivity index (χ3v) is 6.86. The quantitative estimate of drug-likeness (QED) is 0.747. The second-order valence-electron chi connectivity index (χ2n) is 7.19. The molecule has 2 aliphatic rings. The summed E-state index contributed by atoms with van der Waals surface area (Å²) in [7, 11) is 0. The first-order valence-electron chi connectivity index (χ1n) is 9.42. The Morgan fingerprint density at radius 2 is 2.00 bits per heavy atom. The van der Waals surface area contributed by atoms with E-state index in [1.807, 2.05) is 18.3 Å². The molecule has 6 nitrogen and oxygen atoms in total. The molecule has 0 aliphatic carbocycles. The van der Waals surface area contributed by atoms with Crippen molar-refractivity contribution in [1.82, 2.24) is 14.8 Å². The van der Waals surface area contributed by atoms with Crippen LogP contribution in [0.4, 0.5) is 13.2 Å². The second kappa shape index (κ2) is 9.44. The van der Waals surface area contributed by atoms with Crippen LogP contribution in [0.1, 0.15) is 34.8 Å². The minimum atomic E-state index is -5.08. The number of aryl methyl sites for hydroxylation is 1. The zero-order valence-corrected chi connectivity index (χ0v) is 17.9. The van der Waals surface area contributed by atoms with E-state index in [1.54, 1.807) is 11.3 Å². The highest BCUT2D eigenvalue weighted by Crippen LogP contribution is 2.34. The molecule has 0 aromatic carbocycles. The number of aliphatic carboxylic acids is 1. The van der Waals surface area contributed by atoms with Crippen molar-refractivity contribution in [3.05, 3.63) is 38.5 Å². The number of piperidine rings is 1. The van der Waals surface area contributed by atoms with Crippen molar-refractivity contribution in [3.8, 4) is 0 Å². The molecular formula is C19H22F3N3O3S2. The minimum absolute atomic E-state index is 0.301. The maximum atomic E-state index is 12.5. The summed E-state index contributed by atoms with van der Waals surface area (Å²) in [5.41, 5.74) is 1.04. The maximum Gasteiger partial charge on any atom is 0.490 e. The van der Waals surface area contributed by atoms with Crippen LogP contribution in [0.3, 0.4) is 0 Å². The summed E-state index contributed by atoms with van der Waals surface area (Å²) in [6.45, 7) is 4.81. The Labute approximate surface area is 179 Å². The number of likely N-dealkylation sites (tertiary alicyclic amines) is 2. The van der Waals surface area contributed by atoms with Crippen molar-refractivity contribution in [3.63, 3.8) is 0 Å². The first-order chi connectivity index (χ1) is 14.1. The second-order valence-corrected chi connectivity index (χ2v) is 9.29. The van der Waals surface area contributed by atoms with Gasteiger partial charge >= 0.3 is 12.1 Å². The number of alkyl halides is 3. The summed E-state index contributed by atoms with van der Waals surface area (Å²) in [6, 6.07) is 5.20. The van der Waals surface area contributed by atoms with Crippen molar-refractivity contribution in [2.75, 3.05) is 6.54 Å². The number of carbonyl (C=O) groups is 2. The fourth-order valence-electron chi connectivity index (χ4n) is 3.90. The highest BCUT2D eigenvalue weighted by Gasteiger charge is 2.43. The summed E-state index contributed by atoms with van der Waals surface area (Å²) < 4.78 is 31.7. The molecule has 2 saturated heterocycles. The lowest BCUT2D eigenvalue weighted by molar-refractivity contribution is -0.192. The summed E-state index contributed by atoms with van der Waals surface area (Å²) >= 11 is 3.49. The third kappa shape index (κ3) is 5.58. The molecule has 0 spiro atoms. The highest BCUT2D eigenvalue weighted by atomic mass is 32.1. The molecule has 2 atom stereocenters. The number of amides is 1. The van der Waals surface area contributed by atoms with Gasteiger partial charge in [0.2, 0.25) is 5.91 Å². The molecule has 0 saturated carbocycles. The van der Waals surface area contributed by atoms with Crippen LogP contribution >= 0.6 is 22.7 Å². The van der Waals surface area contributed by atoms with Crippen LogP contribution in [-0.2, 0) is 22.7 Å². The number of hydrogen-bond acceptors (Lipinski definition) is 6. The Kier molecular flexibility index (Phi) is 7.14. The van der Waals surface area contributed by atoms with Crippen LogP contribution in [0.25, 0.3) is 0 Å². The number of hydrogen-bond donors (Lipinski definition) is 1. The van der Waals surface area contributed by atoms with Gasteiger partial charge in [0.05, 0.1) is 17.2 Å². The fourth-order valence-corrected chi connectivity index (χ4v) is 5.23. The summed E-state index contributed by atoms with van der Waals surface area (Å²) in [6.07, 6.45) is -2.32. The summed E-state index contributed by atoms with van der Waals surface area (Å²) in [5.74, 6) is -2.46. The van der Waals surface area contributed by atoms with Crippen LogP contribution < -0.4 is 0 Å². The van der Waals surface area contributed by atoms with E-state index in [-0.39, 0.29) is 0 Å². The van der Waals surface area contributed by atoms with Crippen LogP contribution in [0, 0.1) is 6.92 Å². The van der Waals surface area contributed by atoms with E-state index in [1.165, 1.54) is 4.88 Å². The molecule has 2 aliphatic heterocycles. The van der Waals surface area contributed by atoms with Crippen molar-refractivity contribution in [1.29, 1.82) is 0 Å². The Morgan fingerprint density at radius 3 is 2.57 bits per heavy atom. The summed E-state index contributed by atoms with van der Waals surface area (Å²) in [5, 5.41) is 12.4. The number of aromatic nitrogens is 1. The standard InChI is InChI=1S/C17H21N3OS2.C2HF3O2/c1-12-18-13(11-23-12)9-20-16-6-7-19(10-14-3-2-8-22-14)15(16)4-5-17(20)21;3-2(4,5)1(6)7/h2-3,8,11,15-16H,4-7,9-10H2,1H3;(H,6,7)/t15-,16-;/m1./s1. The lowest BCUT2D eigenvalue weighted by Crippen LogP contribution is -2.51. The molecule has 2 fully saturated rings. The van der Waals surface area contributed by atoms with Gasteiger partial charge in [0, 0.05) is 41.9 Å². The number of carbonyl (C=O) groups excluding carboxylic acids is 1. The number of rotatable bonds is 4. The normalized spacial score (nSPS) is 21.9. The molecule has 4 rings (SSSR count). The molecule has 1 N–H and O–H groups in total. The first kappa shape index (κ1) is 22.7. The molecule has 1 amide bonds. The predicted octanol–water partition coefficient (Wildman–Crippen LogP) is 3.91. The van der Waals surface area contributed by atoms with Crippen LogP contribution in [0.5, 0.6) is 0 Å². The van der Waals surface area contributed by atoms with E-state index >= 15 is 0 Å². The number of thiophene rings is 1. The first-order valence-corrected chi connectivity index (χ1v) is 11.2. The number of halogens is 3. The van der Waals surface area contributed by atoms with Gasteiger partial charge in [-0.05, 0) is 31.2 Å². The maximum absolute atomic E-state index is 12.5. The van der Waals surface area contributed by atoms with Gasteiger partial charge in [-0.25, -0.2) is 9.78 Å². The Morgan fingerprint density at radius 1 is 1.27 bits per heavy atom. The zero-order chi connectivity index (χ0) is 21.9. The average Bonchev–Trinajstić information content (AvgIpc) is 3.40. The van der Waals surface area contributed by atoms with Gasteiger partial charge in [-0.2, -0.15) is 13.2 Å². The monoisotopic (exact) mass is 461 g/mol. The Bertz CT molecular complexity index is 870. The highest BCUT2D eigenvalue weighted by molar-refractivity contribution is 7.10. The van der Waals surface area contributed by atoms with Gasteiger partial charge in [0.25, 0.3) is 0 Å². The topological polar surface area (TPSA) is 73.7 Å². The van der Waals surface area contributed by atoms with E-state index in [4.69, 9.17) is 9.90 Å². The molecular weight excluding hydrogens is 439 g/mol. The minimum Gasteiger partial charge on any atom is -0.475 e. The molecule has 2 aromatic heterocycles. The van der Waals surface area contributed by atoms with Crippen molar-refractivity contribution < 1.29 is 27.9 Å². The van der Waals surface area contributed by atoms with E-state index in [0.29, 0.717) is 31.0 Å². The zero-order valence-electron chi connectivity index (χ0n) is 16.3. The number of thiazole rings is 1. The average molecular weight is 462 g/mol. The molecule has 0 unspecified atom stereocenters. The molecule has 0 radical (unpaired) electrons. The van der Waals surface area contributed by atoms with Crippen LogP contribution in [0.2, 0.25) is 0 Å². The van der Waals surface area contributed by atoms with Gasteiger partial charge in [-0.3, -0.25) is 9.69 Å². The molecule has 2 aromatic rings. The van der Waals surface area contributed by atoms with Gasteiger partial charge in [0.1, 0.15) is 0 Å². The molecule has 30 heavy (non-hydrogen) atoms. The smallest absolute Gasteiger partial charge is 0.475 e.